The van der Waals surface area contributed by atoms with Crippen LogP contribution in [-0.4, -0.2) is 36.6 Å². The lowest BCUT2D eigenvalue weighted by Gasteiger charge is -2.72. The molecular formula is C34H49FO5. The minimum Gasteiger partial charge on any atom is -0.465 e. The van der Waals surface area contributed by atoms with Crippen LogP contribution in [0.3, 0.4) is 0 Å². The molecule has 6 heteroatoms. The van der Waals surface area contributed by atoms with Gasteiger partial charge in [-0.2, -0.15) is 0 Å². The van der Waals surface area contributed by atoms with Crippen molar-refractivity contribution in [2.45, 2.75) is 118 Å². The van der Waals surface area contributed by atoms with Crippen LogP contribution in [0.15, 0.2) is 11.6 Å². The molecule has 222 valence electrons. The molecule has 0 N–H and O–H groups in total. The van der Waals surface area contributed by atoms with E-state index >= 15 is 4.39 Å². The second-order valence-corrected chi connectivity index (χ2v) is 15.7. The smallest absolute Gasteiger partial charge is 0.313 e. The molecule has 0 radical (unpaired) electrons. The van der Waals surface area contributed by atoms with Gasteiger partial charge in [-0.3, -0.25) is 14.4 Å². The molecule has 5 nitrogen and oxygen atoms in total. The van der Waals surface area contributed by atoms with Gasteiger partial charge in [-0.25, -0.2) is 4.39 Å². The summed E-state index contributed by atoms with van der Waals surface area (Å²) in [6.45, 7) is 15.5. The summed E-state index contributed by atoms with van der Waals surface area (Å²) in [6, 6.07) is 0. The average Bonchev–Trinajstić information content (AvgIpc) is 3.27. The zero-order valence-corrected chi connectivity index (χ0v) is 25.6. The predicted molar refractivity (Wildman–Crippen MR) is 150 cm³/mol. The fourth-order valence-corrected chi connectivity index (χ4v) is 12.1. The second-order valence-electron chi connectivity index (χ2n) is 15.7. The van der Waals surface area contributed by atoms with Crippen molar-refractivity contribution in [3.63, 3.8) is 0 Å². The number of fused-ring (bicyclic) bond motifs is 4. The van der Waals surface area contributed by atoms with Gasteiger partial charge in [0.15, 0.2) is 5.60 Å². The zero-order valence-electron chi connectivity index (χ0n) is 25.6. The van der Waals surface area contributed by atoms with Crippen LogP contribution in [0.4, 0.5) is 4.39 Å². The molecule has 0 aromatic heterocycles. The highest BCUT2D eigenvalue weighted by Crippen LogP contribution is 2.81. The molecule has 40 heavy (non-hydrogen) atoms. The summed E-state index contributed by atoms with van der Waals surface area (Å²) >= 11 is 0. The third kappa shape index (κ3) is 3.02. The zero-order chi connectivity index (χ0) is 29.1. The van der Waals surface area contributed by atoms with E-state index in [-0.39, 0.29) is 54.1 Å². The number of ether oxygens (including phenoxy) is 2. The molecular weight excluding hydrogens is 507 g/mol. The van der Waals surface area contributed by atoms with Crippen LogP contribution in [0.25, 0.3) is 0 Å². The molecule has 1 aliphatic heterocycles. The summed E-state index contributed by atoms with van der Waals surface area (Å²) in [5.41, 5.74) is -2.82. The maximum atomic E-state index is 17.4. The van der Waals surface area contributed by atoms with E-state index in [1.807, 2.05) is 13.0 Å². The van der Waals surface area contributed by atoms with Crippen molar-refractivity contribution in [1.82, 2.24) is 0 Å². The number of carbonyl (C=O) groups is 3. The fraction of sp³-hybridized carbons (Fsp3) is 0.853. The Balaban J connectivity index is 1.43. The van der Waals surface area contributed by atoms with Gasteiger partial charge in [0.25, 0.3) is 0 Å². The standard InChI is InChI=1S/C34H49FO5/c1-8-9-26(37)39-19-29(4)17-22(18-36)32(7)23(29)11-12-30(5)24(32)16-25(35)34-27-21(3)20(2)10-13-33(27,28(38)40-34)15-14-31(30,34)6/h17-18,20-21,23-25,27H,8-16,19H2,1-7H3/t20-,21+,23+,24+,25-,27-,29+,30-,31+,32+,33+,34+/m1/s1. The Hall–Kier alpha value is -1.72. The van der Waals surface area contributed by atoms with Crippen molar-refractivity contribution in [2.24, 2.45) is 56.7 Å². The number of alkyl halides is 1. The van der Waals surface area contributed by atoms with Crippen LogP contribution in [0.2, 0.25) is 0 Å². The highest BCUT2D eigenvalue weighted by Gasteiger charge is 2.84. The Morgan fingerprint density at radius 3 is 2.50 bits per heavy atom. The van der Waals surface area contributed by atoms with Gasteiger partial charge >= 0.3 is 11.9 Å². The van der Waals surface area contributed by atoms with Crippen LogP contribution >= 0.6 is 0 Å². The van der Waals surface area contributed by atoms with E-state index in [2.05, 4.69) is 41.5 Å². The molecule has 0 aromatic rings. The highest BCUT2D eigenvalue weighted by molar-refractivity contribution is 5.82. The average molecular weight is 557 g/mol. The normalized spacial score (nSPS) is 54.3. The molecule has 0 amide bonds. The van der Waals surface area contributed by atoms with E-state index in [9.17, 15) is 14.4 Å². The SMILES string of the molecule is CCCC(=O)OC[C@]1(C)C=C(C=O)[C@@]2(C)[C@H]1CC[C@]1(C)[C@@H]2C[C@@H](F)[C@]23OC(=O)[C@@]4(CC[C@@H](C)[C@H](C)[C@H]42)CC[C@]31C. The summed E-state index contributed by atoms with van der Waals surface area (Å²) in [5.74, 6) is 0.148. The summed E-state index contributed by atoms with van der Waals surface area (Å²) in [7, 11) is 0. The number of rotatable bonds is 5. The highest BCUT2D eigenvalue weighted by atomic mass is 19.1. The number of halogens is 1. The Labute approximate surface area is 239 Å². The Morgan fingerprint density at radius 1 is 1.10 bits per heavy atom. The maximum Gasteiger partial charge on any atom is 0.313 e. The van der Waals surface area contributed by atoms with Gasteiger partial charge < -0.3 is 9.47 Å². The molecule has 5 aliphatic carbocycles. The van der Waals surface area contributed by atoms with Gasteiger partial charge in [-0.1, -0.05) is 54.5 Å². The van der Waals surface area contributed by atoms with E-state index < -0.39 is 33.4 Å². The van der Waals surface area contributed by atoms with Gasteiger partial charge in [-0.15, -0.1) is 0 Å². The Kier molecular flexibility index (Phi) is 6.15. The van der Waals surface area contributed by atoms with Gasteiger partial charge in [0, 0.05) is 28.6 Å². The molecule has 12 atom stereocenters. The number of hydrogen-bond donors (Lipinski definition) is 0. The summed E-state index contributed by atoms with van der Waals surface area (Å²) < 4.78 is 29.6. The van der Waals surface area contributed by atoms with Gasteiger partial charge in [0.2, 0.25) is 0 Å². The molecule has 1 spiro atoms. The molecule has 4 saturated carbocycles. The maximum absolute atomic E-state index is 17.4. The summed E-state index contributed by atoms with van der Waals surface area (Å²) in [5, 5.41) is 0. The lowest BCUT2D eigenvalue weighted by molar-refractivity contribution is -0.296. The largest absolute Gasteiger partial charge is 0.465 e. The summed E-state index contributed by atoms with van der Waals surface area (Å²) in [4.78, 5) is 38.8. The molecule has 2 bridgehead atoms. The van der Waals surface area contributed by atoms with Crippen LogP contribution < -0.4 is 0 Å². The Bertz CT molecular complexity index is 1160. The van der Waals surface area contributed by atoms with Crippen molar-refractivity contribution >= 4 is 18.2 Å². The molecule has 5 fully saturated rings. The van der Waals surface area contributed by atoms with E-state index in [0.29, 0.717) is 12.3 Å². The molecule has 0 aromatic carbocycles. The quantitative estimate of drug-likeness (QED) is 0.269. The van der Waals surface area contributed by atoms with Crippen molar-refractivity contribution in [3.8, 4) is 0 Å². The first-order valence-electron chi connectivity index (χ1n) is 15.9. The lowest BCUT2D eigenvalue weighted by Crippen LogP contribution is -2.75. The molecule has 6 rings (SSSR count). The number of hydrogen-bond acceptors (Lipinski definition) is 5. The van der Waals surface area contributed by atoms with Gasteiger partial charge in [0.05, 0.1) is 5.41 Å². The lowest BCUT2D eigenvalue weighted by atomic mass is 9.31. The number of esters is 2. The van der Waals surface area contributed by atoms with Gasteiger partial charge in [0.1, 0.15) is 19.1 Å². The first-order chi connectivity index (χ1) is 18.7. The number of aldehydes is 1. The number of allylic oxidation sites excluding steroid dienone is 1. The monoisotopic (exact) mass is 556 g/mol. The van der Waals surface area contributed by atoms with Crippen molar-refractivity contribution in [2.75, 3.05) is 6.61 Å². The minimum absolute atomic E-state index is 0.0694. The first kappa shape index (κ1) is 28.4. The van der Waals surface area contributed by atoms with Crippen LogP contribution in [-0.2, 0) is 23.9 Å². The van der Waals surface area contributed by atoms with E-state index in [4.69, 9.17) is 9.47 Å². The van der Waals surface area contributed by atoms with Crippen molar-refractivity contribution < 1.29 is 28.2 Å². The minimum atomic E-state index is -1.28. The summed E-state index contributed by atoms with van der Waals surface area (Å²) in [6.07, 6.45) is 8.21. The van der Waals surface area contributed by atoms with E-state index in [1.54, 1.807) is 0 Å². The van der Waals surface area contributed by atoms with Crippen molar-refractivity contribution in [1.29, 1.82) is 0 Å². The number of carbonyl (C=O) groups excluding carboxylic acids is 3. The predicted octanol–water partition coefficient (Wildman–Crippen LogP) is 7.02. The molecule has 6 aliphatic rings. The van der Waals surface area contributed by atoms with E-state index in [1.165, 1.54) is 0 Å². The topological polar surface area (TPSA) is 69.7 Å². The third-order valence-corrected chi connectivity index (χ3v) is 14.5. The molecule has 1 saturated heterocycles. The van der Waals surface area contributed by atoms with Crippen LogP contribution in [0.5, 0.6) is 0 Å². The van der Waals surface area contributed by atoms with Gasteiger partial charge in [-0.05, 0) is 86.0 Å². The van der Waals surface area contributed by atoms with E-state index in [0.717, 1.165) is 56.8 Å². The molecule has 0 unspecified atom stereocenters. The molecule has 1 heterocycles. The van der Waals surface area contributed by atoms with Crippen LogP contribution in [0.1, 0.15) is 106 Å². The Morgan fingerprint density at radius 2 is 1.82 bits per heavy atom. The first-order valence-corrected chi connectivity index (χ1v) is 15.9. The third-order valence-electron chi connectivity index (χ3n) is 14.5. The van der Waals surface area contributed by atoms with Crippen molar-refractivity contribution in [3.05, 3.63) is 11.6 Å². The second kappa shape index (κ2) is 8.66. The fourth-order valence-electron chi connectivity index (χ4n) is 12.1. The van der Waals surface area contributed by atoms with Crippen LogP contribution in [0, 0.1) is 56.7 Å².